The van der Waals surface area contributed by atoms with Crippen LogP contribution in [0.5, 0.6) is 0 Å². The molecule has 6 N–H and O–H groups in total. The van der Waals surface area contributed by atoms with Crippen LogP contribution in [0.3, 0.4) is 0 Å². The molecule has 3 aliphatic heterocycles. The van der Waals surface area contributed by atoms with Crippen LogP contribution in [0.2, 0.25) is 0 Å². The maximum absolute atomic E-state index is 11.4. The van der Waals surface area contributed by atoms with E-state index >= 15 is 0 Å². The van der Waals surface area contributed by atoms with Crippen molar-refractivity contribution in [2.75, 3.05) is 13.2 Å². The molecule has 5 aliphatic rings. The Morgan fingerprint density at radius 3 is 2.40 bits per heavy atom. The maximum Gasteiger partial charge on any atom is 0.232 e. The molecule has 10 heteroatoms. The van der Waals surface area contributed by atoms with Crippen LogP contribution in [-0.2, 0) is 18.9 Å². The van der Waals surface area contributed by atoms with E-state index in [9.17, 15) is 30.6 Å². The first-order chi connectivity index (χ1) is 20.0. The molecule has 0 amide bonds. The molecule has 0 aromatic rings. The number of allylic oxidation sites excluding steroid dienone is 4. The smallest absolute Gasteiger partial charge is 0.232 e. The Morgan fingerprint density at radius 2 is 1.70 bits per heavy atom. The Hall–Kier alpha value is -1.34. The highest BCUT2D eigenvalue weighted by Crippen LogP contribution is 2.57. The minimum Gasteiger partial charge on any atom is -0.466 e. The molecule has 1 spiro atoms. The van der Waals surface area contributed by atoms with Crippen molar-refractivity contribution in [1.29, 1.82) is 0 Å². The molecule has 1 saturated heterocycles. The van der Waals surface area contributed by atoms with Crippen molar-refractivity contribution < 1.29 is 49.6 Å². The second-order valence-corrected chi connectivity index (χ2v) is 13.7. The van der Waals surface area contributed by atoms with Crippen LogP contribution in [0.25, 0.3) is 0 Å². The van der Waals surface area contributed by atoms with E-state index in [1.54, 1.807) is 6.26 Å². The van der Waals surface area contributed by atoms with Crippen LogP contribution in [0.15, 0.2) is 36.6 Å². The molecule has 0 aromatic carbocycles. The Kier molecular flexibility index (Phi) is 11.2. The number of hydrogen-bond donors (Lipinski definition) is 6. The predicted octanol–water partition coefficient (Wildman–Crippen LogP) is 2.41. The molecule has 3 heterocycles. The molecule has 0 unspecified atom stereocenters. The van der Waals surface area contributed by atoms with Gasteiger partial charge < -0.3 is 49.6 Å². The van der Waals surface area contributed by atoms with Gasteiger partial charge in [-0.2, -0.15) is 0 Å². The third-order valence-corrected chi connectivity index (χ3v) is 10.7. The van der Waals surface area contributed by atoms with E-state index in [2.05, 4.69) is 32.9 Å². The fourth-order valence-electron chi connectivity index (χ4n) is 8.26. The van der Waals surface area contributed by atoms with Gasteiger partial charge in [-0.25, -0.2) is 0 Å². The van der Waals surface area contributed by atoms with Crippen molar-refractivity contribution in [3.05, 3.63) is 36.6 Å². The molecule has 0 radical (unpaired) electrons. The summed E-state index contributed by atoms with van der Waals surface area (Å²) in [7, 11) is 0. The van der Waals surface area contributed by atoms with E-state index in [1.807, 2.05) is 18.2 Å². The van der Waals surface area contributed by atoms with E-state index in [1.165, 1.54) is 0 Å². The molecule has 0 bridgehead atoms. The quantitative estimate of drug-likeness (QED) is 0.207. The first-order valence-electron chi connectivity index (χ1n) is 15.6. The Morgan fingerprint density at radius 1 is 0.930 bits per heavy atom. The van der Waals surface area contributed by atoms with Crippen molar-refractivity contribution in [3.8, 4) is 0 Å². The van der Waals surface area contributed by atoms with Crippen molar-refractivity contribution in [3.63, 3.8) is 0 Å². The van der Waals surface area contributed by atoms with Gasteiger partial charge in [0, 0.05) is 5.92 Å². The highest BCUT2D eigenvalue weighted by molar-refractivity contribution is 5.14. The predicted molar refractivity (Wildman–Crippen MR) is 159 cm³/mol. The molecule has 5 rings (SSSR count). The number of hydrogen-bond acceptors (Lipinski definition) is 10. The largest absolute Gasteiger partial charge is 0.466 e. The standard InChI is InChI=1S/C32H50O10.CH4/c1-18-6-9-23-20(13-22(34)17-40-32(19(2)12-18)10-4-5-11-39-32)7-8-21-14-25(24(35)15-31(21,23)3)41-30-29(38)28(37)27(36)26(16-33)42-30;/h4-6,9-11,18-30,33-38H,7-8,12-17H2,1-3H3;1H4/b9-6+;/t18-,19+,20-,21-,22-,23-,24+,25+,26+,27+,28-,29+,30+,31-,32+;/m1./s1. The van der Waals surface area contributed by atoms with Gasteiger partial charge >= 0.3 is 0 Å². The van der Waals surface area contributed by atoms with Gasteiger partial charge in [0.25, 0.3) is 0 Å². The third-order valence-electron chi connectivity index (χ3n) is 10.7. The van der Waals surface area contributed by atoms with E-state index in [4.69, 9.17) is 18.9 Å². The van der Waals surface area contributed by atoms with E-state index in [-0.39, 0.29) is 49.0 Å². The summed E-state index contributed by atoms with van der Waals surface area (Å²) >= 11 is 0. The van der Waals surface area contributed by atoms with Crippen LogP contribution < -0.4 is 0 Å². The lowest BCUT2D eigenvalue weighted by Gasteiger charge is -2.56. The van der Waals surface area contributed by atoms with Gasteiger partial charge in [-0.3, -0.25) is 0 Å². The summed E-state index contributed by atoms with van der Waals surface area (Å²) in [5, 5.41) is 62.9. The van der Waals surface area contributed by atoms with E-state index in [0.717, 1.165) is 19.3 Å². The second-order valence-electron chi connectivity index (χ2n) is 13.7. The topological polar surface area (TPSA) is 158 Å². The zero-order valence-corrected chi connectivity index (χ0v) is 24.9. The number of rotatable bonds is 3. The van der Waals surface area contributed by atoms with Crippen LogP contribution in [0.4, 0.5) is 0 Å². The second kappa shape index (κ2) is 14.0. The lowest BCUT2D eigenvalue weighted by Crippen LogP contribution is -2.61. The monoisotopic (exact) mass is 610 g/mol. The summed E-state index contributed by atoms with van der Waals surface area (Å²) in [5.41, 5.74) is -0.245. The van der Waals surface area contributed by atoms with Crippen molar-refractivity contribution in [1.82, 2.24) is 0 Å². The molecular formula is C33H54O10. The fourth-order valence-corrected chi connectivity index (χ4v) is 8.26. The highest BCUT2D eigenvalue weighted by atomic mass is 16.7. The minimum atomic E-state index is -1.53. The lowest BCUT2D eigenvalue weighted by molar-refractivity contribution is -0.323. The highest BCUT2D eigenvalue weighted by Gasteiger charge is 2.54. The molecule has 3 fully saturated rings. The summed E-state index contributed by atoms with van der Waals surface area (Å²) in [5.74, 6) is -0.0372. The van der Waals surface area contributed by atoms with Gasteiger partial charge in [0.1, 0.15) is 24.4 Å². The van der Waals surface area contributed by atoms with Crippen LogP contribution in [0.1, 0.15) is 66.7 Å². The molecule has 43 heavy (non-hydrogen) atoms. The van der Waals surface area contributed by atoms with Gasteiger partial charge in [-0.05, 0) is 79.8 Å². The first kappa shape index (κ1) is 34.5. The van der Waals surface area contributed by atoms with Crippen molar-refractivity contribution >= 4 is 0 Å². The number of aliphatic hydroxyl groups excluding tert-OH is 6. The van der Waals surface area contributed by atoms with Gasteiger partial charge in [0.15, 0.2) is 6.29 Å². The minimum absolute atomic E-state index is 0. The number of ether oxygens (including phenoxy) is 4. The molecule has 0 aromatic heterocycles. The first-order valence-corrected chi connectivity index (χ1v) is 15.6. The summed E-state index contributed by atoms with van der Waals surface area (Å²) in [4.78, 5) is 0. The van der Waals surface area contributed by atoms with E-state index in [0.29, 0.717) is 19.3 Å². The molecular weight excluding hydrogens is 556 g/mol. The SMILES string of the molecule is C.C[C@@H]1/C=C/[C@@H]2[C@H](CC[C@@H]3C[C@H](O[C@H]4O[C@@H](CO)[C@H](O)[C@@H](O)[C@@H]4O)[C@@H](O)C[C@]32C)C[C@@H](O)CO[C@@]2(C=CC=CO2)[C@@H](C)C1. The molecule has 15 atom stereocenters. The zero-order chi connectivity index (χ0) is 30.2. The third kappa shape index (κ3) is 6.93. The summed E-state index contributed by atoms with van der Waals surface area (Å²) < 4.78 is 23.9. The molecule has 2 saturated carbocycles. The van der Waals surface area contributed by atoms with Crippen molar-refractivity contribution in [2.24, 2.45) is 35.0 Å². The zero-order valence-electron chi connectivity index (χ0n) is 24.9. The maximum atomic E-state index is 11.4. The Bertz CT molecular complexity index is 1000. The molecule has 10 nitrogen and oxygen atoms in total. The van der Waals surface area contributed by atoms with Gasteiger partial charge in [-0.15, -0.1) is 0 Å². The van der Waals surface area contributed by atoms with Gasteiger partial charge in [0.05, 0.1) is 37.8 Å². The summed E-state index contributed by atoms with van der Waals surface area (Å²) in [6.07, 6.45) is 7.18. The average molecular weight is 611 g/mol. The van der Waals surface area contributed by atoms with Crippen LogP contribution >= 0.6 is 0 Å². The summed E-state index contributed by atoms with van der Waals surface area (Å²) in [6, 6.07) is 0. The van der Waals surface area contributed by atoms with E-state index < -0.39 is 61.4 Å². The molecule has 246 valence electrons. The fraction of sp³-hybridized carbons (Fsp3) is 0.818. The van der Waals surface area contributed by atoms with Gasteiger partial charge in [-0.1, -0.05) is 46.4 Å². The van der Waals surface area contributed by atoms with Gasteiger partial charge in [0.2, 0.25) is 5.79 Å². The summed E-state index contributed by atoms with van der Waals surface area (Å²) in [6.45, 7) is 6.17. The van der Waals surface area contributed by atoms with Crippen LogP contribution in [-0.4, -0.2) is 98.7 Å². The average Bonchev–Trinajstić information content (AvgIpc) is 2.96. The van der Waals surface area contributed by atoms with Crippen LogP contribution in [0, 0.1) is 35.0 Å². The number of fused-ring (bicyclic) bond motifs is 3. The Labute approximate surface area is 256 Å². The lowest BCUT2D eigenvalue weighted by atomic mass is 9.51. The molecule has 2 aliphatic carbocycles. The normalized spacial score (nSPS) is 51.1. The Balaban J connectivity index is 0.00000423. The number of aliphatic hydroxyl groups is 6. The van der Waals surface area contributed by atoms with Crippen molar-refractivity contribution in [2.45, 2.75) is 122 Å².